The molecule has 5 nitrogen and oxygen atoms in total. The fourth-order valence-corrected chi connectivity index (χ4v) is 2.91. The first kappa shape index (κ1) is 19.6. The van der Waals surface area contributed by atoms with Crippen LogP contribution in [-0.4, -0.2) is 27.4 Å². The number of carbonyl (C=O) groups is 1. The molecule has 0 aliphatic rings. The summed E-state index contributed by atoms with van der Waals surface area (Å²) in [5, 5.41) is 28.2. The van der Waals surface area contributed by atoms with Gasteiger partial charge < -0.3 is 20.1 Å². The number of hydrogen-bond acceptors (Lipinski definition) is 5. The molecule has 0 unspecified atom stereocenters. The molecule has 0 radical (unpaired) electrons. The highest BCUT2D eigenvalue weighted by molar-refractivity contribution is 5.66. The maximum absolute atomic E-state index is 11.3. The van der Waals surface area contributed by atoms with E-state index in [9.17, 15) is 20.1 Å². The zero-order chi connectivity index (χ0) is 18.9. The zero-order valence-corrected chi connectivity index (χ0v) is 15.0. The third-order valence-electron chi connectivity index (χ3n) is 4.31. The van der Waals surface area contributed by atoms with Gasteiger partial charge in [0, 0.05) is 6.92 Å². The predicted octanol–water partition coefficient (Wildman–Crippen LogP) is 4.08. The summed E-state index contributed by atoms with van der Waals surface area (Å²) in [6.45, 7) is 1.42. The average Bonchev–Trinajstić information content (AvgIpc) is 2.60. The van der Waals surface area contributed by atoms with Gasteiger partial charge in [-0.05, 0) is 73.9 Å². The van der Waals surface area contributed by atoms with Crippen molar-refractivity contribution in [1.29, 1.82) is 0 Å². The van der Waals surface area contributed by atoms with E-state index in [0.717, 1.165) is 49.7 Å². The largest absolute Gasteiger partial charge is 0.508 e. The molecule has 0 fully saturated rings. The van der Waals surface area contributed by atoms with Gasteiger partial charge in [-0.15, -0.1) is 0 Å². The maximum Gasteiger partial charge on any atom is 0.302 e. The Balaban J connectivity index is 1.78. The van der Waals surface area contributed by atoms with Gasteiger partial charge in [0.05, 0.1) is 0 Å². The van der Waals surface area contributed by atoms with Crippen molar-refractivity contribution < 1.29 is 24.9 Å². The molecule has 0 aliphatic carbocycles. The van der Waals surface area contributed by atoms with E-state index in [1.165, 1.54) is 13.0 Å². The van der Waals surface area contributed by atoms with E-state index in [4.69, 9.17) is 4.74 Å². The molecular formula is C21H26O5. The van der Waals surface area contributed by atoms with Crippen LogP contribution in [0.4, 0.5) is 0 Å². The van der Waals surface area contributed by atoms with Crippen LogP contribution >= 0.6 is 0 Å². The zero-order valence-electron chi connectivity index (χ0n) is 15.0. The van der Waals surface area contributed by atoms with E-state index in [-0.39, 0.29) is 29.3 Å². The highest BCUT2D eigenvalue weighted by Crippen LogP contribution is 2.26. The molecule has 0 bridgehead atoms. The number of benzene rings is 2. The summed E-state index contributed by atoms with van der Waals surface area (Å²) in [6, 6.07) is 11.9. The third-order valence-corrected chi connectivity index (χ3v) is 4.31. The molecule has 2 aromatic rings. The first-order valence-electron chi connectivity index (χ1n) is 8.90. The third kappa shape index (κ3) is 6.67. The lowest BCUT2D eigenvalue weighted by molar-refractivity contribution is -0.147. The van der Waals surface area contributed by atoms with Crippen molar-refractivity contribution in [1.82, 2.24) is 0 Å². The molecule has 0 amide bonds. The summed E-state index contributed by atoms with van der Waals surface area (Å²) in [6.07, 6.45) is 4.76. The van der Waals surface area contributed by atoms with Crippen LogP contribution in [-0.2, 0) is 22.4 Å². The molecule has 2 aromatic carbocycles. The van der Waals surface area contributed by atoms with E-state index in [1.54, 1.807) is 24.3 Å². The second-order valence-corrected chi connectivity index (χ2v) is 6.51. The van der Waals surface area contributed by atoms with E-state index >= 15 is 0 Å². The summed E-state index contributed by atoms with van der Waals surface area (Å²) in [5.41, 5.74) is 2.06. The molecule has 0 heterocycles. The van der Waals surface area contributed by atoms with Crippen LogP contribution in [0.1, 0.15) is 43.7 Å². The van der Waals surface area contributed by atoms with Crippen molar-refractivity contribution in [2.45, 2.75) is 51.6 Å². The van der Waals surface area contributed by atoms with Gasteiger partial charge in [0.2, 0.25) is 0 Å². The number of aryl methyl sites for hydroxylation is 2. The molecule has 1 atom stereocenters. The minimum atomic E-state index is -0.274. The van der Waals surface area contributed by atoms with Crippen LogP contribution in [0.3, 0.4) is 0 Å². The Bertz CT molecular complexity index is 709. The standard InChI is InChI=1S/C21H26O5/c1-15(22)26-19(12-8-16-6-10-18(23)11-7-16)5-3-2-4-17-9-13-20(24)21(25)14-17/h6-7,9-11,13-14,19,23-25H,2-5,8,12H2,1H3/t19-/m0/s1. The lowest BCUT2D eigenvalue weighted by atomic mass is 10.0. The Morgan fingerprint density at radius 3 is 2.23 bits per heavy atom. The van der Waals surface area contributed by atoms with E-state index in [2.05, 4.69) is 0 Å². The number of aromatic hydroxyl groups is 3. The molecule has 26 heavy (non-hydrogen) atoms. The van der Waals surface area contributed by atoms with Crippen molar-refractivity contribution >= 4 is 5.97 Å². The van der Waals surface area contributed by atoms with Crippen LogP contribution in [0, 0.1) is 0 Å². The molecule has 0 spiro atoms. The number of phenols is 3. The lowest BCUT2D eigenvalue weighted by Gasteiger charge is -2.17. The summed E-state index contributed by atoms with van der Waals surface area (Å²) >= 11 is 0. The summed E-state index contributed by atoms with van der Waals surface area (Å²) in [7, 11) is 0. The minimum absolute atomic E-state index is 0.103. The Kier molecular flexibility index (Phi) is 7.33. The number of unbranched alkanes of at least 4 members (excludes halogenated alkanes) is 1. The topological polar surface area (TPSA) is 87.0 Å². The van der Waals surface area contributed by atoms with Crippen molar-refractivity contribution in [2.75, 3.05) is 0 Å². The fourth-order valence-electron chi connectivity index (χ4n) is 2.91. The molecule has 5 heteroatoms. The highest BCUT2D eigenvalue weighted by atomic mass is 16.5. The quantitative estimate of drug-likeness (QED) is 0.357. The number of esters is 1. The molecule has 3 N–H and O–H groups in total. The Morgan fingerprint density at radius 2 is 1.58 bits per heavy atom. The first-order valence-corrected chi connectivity index (χ1v) is 8.90. The molecular weight excluding hydrogens is 332 g/mol. The Hall–Kier alpha value is -2.69. The van der Waals surface area contributed by atoms with Crippen LogP contribution < -0.4 is 0 Å². The lowest BCUT2D eigenvalue weighted by Crippen LogP contribution is -2.17. The molecule has 0 saturated heterocycles. The van der Waals surface area contributed by atoms with Gasteiger partial charge >= 0.3 is 5.97 Å². The SMILES string of the molecule is CC(=O)O[C@@H](CCCCc1ccc(O)c(O)c1)CCc1ccc(O)cc1. The van der Waals surface area contributed by atoms with Crippen molar-refractivity contribution in [3.63, 3.8) is 0 Å². The number of ether oxygens (including phenoxy) is 1. The molecule has 0 aromatic heterocycles. The van der Waals surface area contributed by atoms with Gasteiger partial charge in [-0.3, -0.25) is 4.79 Å². The second-order valence-electron chi connectivity index (χ2n) is 6.51. The van der Waals surface area contributed by atoms with Gasteiger partial charge in [-0.1, -0.05) is 18.2 Å². The number of hydrogen-bond donors (Lipinski definition) is 3. The monoisotopic (exact) mass is 358 g/mol. The Labute approximate surface area is 153 Å². The number of phenolic OH excluding ortho intramolecular Hbond substituents is 3. The minimum Gasteiger partial charge on any atom is -0.508 e. The average molecular weight is 358 g/mol. The molecule has 0 saturated carbocycles. The van der Waals surface area contributed by atoms with Crippen LogP contribution in [0.25, 0.3) is 0 Å². The Morgan fingerprint density at radius 1 is 0.885 bits per heavy atom. The van der Waals surface area contributed by atoms with Crippen molar-refractivity contribution in [3.8, 4) is 17.2 Å². The second kappa shape index (κ2) is 9.70. The molecule has 2 rings (SSSR count). The van der Waals surface area contributed by atoms with Gasteiger partial charge in [0.25, 0.3) is 0 Å². The fraction of sp³-hybridized carbons (Fsp3) is 0.381. The van der Waals surface area contributed by atoms with Gasteiger partial charge in [0.1, 0.15) is 11.9 Å². The summed E-state index contributed by atoms with van der Waals surface area (Å²) < 4.78 is 5.42. The van der Waals surface area contributed by atoms with Gasteiger partial charge in [0.15, 0.2) is 11.5 Å². The predicted molar refractivity (Wildman–Crippen MR) is 99.3 cm³/mol. The highest BCUT2D eigenvalue weighted by Gasteiger charge is 2.12. The van der Waals surface area contributed by atoms with E-state index < -0.39 is 0 Å². The van der Waals surface area contributed by atoms with Gasteiger partial charge in [-0.2, -0.15) is 0 Å². The van der Waals surface area contributed by atoms with Crippen LogP contribution in [0.5, 0.6) is 17.2 Å². The first-order chi connectivity index (χ1) is 12.4. The van der Waals surface area contributed by atoms with Crippen molar-refractivity contribution in [3.05, 3.63) is 53.6 Å². The smallest absolute Gasteiger partial charge is 0.302 e. The van der Waals surface area contributed by atoms with Gasteiger partial charge in [-0.25, -0.2) is 0 Å². The molecule has 0 aliphatic heterocycles. The summed E-state index contributed by atoms with van der Waals surface area (Å²) in [5.74, 6) is -0.248. The number of rotatable bonds is 9. The van der Waals surface area contributed by atoms with E-state index in [0.29, 0.717) is 0 Å². The summed E-state index contributed by atoms with van der Waals surface area (Å²) in [4.78, 5) is 11.3. The van der Waals surface area contributed by atoms with Crippen LogP contribution in [0.2, 0.25) is 0 Å². The van der Waals surface area contributed by atoms with Crippen LogP contribution in [0.15, 0.2) is 42.5 Å². The van der Waals surface area contributed by atoms with E-state index in [1.807, 2.05) is 12.1 Å². The number of carbonyl (C=O) groups excluding carboxylic acids is 1. The van der Waals surface area contributed by atoms with Crippen molar-refractivity contribution in [2.24, 2.45) is 0 Å². The molecule has 140 valence electrons. The normalized spacial score (nSPS) is 11.9. The maximum atomic E-state index is 11.3.